The molecule has 122 valence electrons. The first-order valence-corrected chi connectivity index (χ1v) is 8.01. The quantitative estimate of drug-likeness (QED) is 0.888. The highest BCUT2D eigenvalue weighted by molar-refractivity contribution is 6.02. The molecular formula is C18H23N3O2. The minimum Gasteiger partial charge on any atom is -0.321 e. The fourth-order valence-corrected chi connectivity index (χ4v) is 2.25. The summed E-state index contributed by atoms with van der Waals surface area (Å²) in [5.74, 6) is -0.319. The number of carbonyl (C=O) groups excluding carboxylic acids is 1. The number of hydrogen-bond acceptors (Lipinski definition) is 3. The Hall–Kier alpha value is -2.43. The molecule has 0 aliphatic heterocycles. The van der Waals surface area contributed by atoms with Crippen LogP contribution in [0.5, 0.6) is 0 Å². The van der Waals surface area contributed by atoms with Gasteiger partial charge in [0.1, 0.15) is 5.69 Å². The Bertz CT molecular complexity index is 718. The molecule has 0 aliphatic carbocycles. The average Bonchev–Trinajstić information content (AvgIpc) is 2.54. The molecule has 1 heterocycles. The summed E-state index contributed by atoms with van der Waals surface area (Å²) >= 11 is 0. The molecule has 1 N–H and O–H groups in total. The van der Waals surface area contributed by atoms with Crippen LogP contribution in [0.25, 0.3) is 0 Å². The van der Waals surface area contributed by atoms with Crippen LogP contribution in [0.2, 0.25) is 0 Å². The first-order valence-electron chi connectivity index (χ1n) is 8.01. The van der Waals surface area contributed by atoms with Crippen molar-refractivity contribution < 1.29 is 4.79 Å². The van der Waals surface area contributed by atoms with Gasteiger partial charge in [-0.1, -0.05) is 25.5 Å². The van der Waals surface area contributed by atoms with Gasteiger partial charge in [-0.25, -0.2) is 4.68 Å². The van der Waals surface area contributed by atoms with E-state index in [9.17, 15) is 9.59 Å². The van der Waals surface area contributed by atoms with E-state index in [1.165, 1.54) is 22.4 Å². The molecule has 0 radical (unpaired) electrons. The van der Waals surface area contributed by atoms with Gasteiger partial charge in [0, 0.05) is 11.8 Å². The molecule has 0 saturated heterocycles. The van der Waals surface area contributed by atoms with E-state index in [0.717, 1.165) is 24.9 Å². The summed E-state index contributed by atoms with van der Waals surface area (Å²) in [6.07, 6.45) is 3.37. The zero-order valence-corrected chi connectivity index (χ0v) is 13.9. The van der Waals surface area contributed by atoms with Crippen molar-refractivity contribution in [2.75, 3.05) is 5.32 Å². The number of benzene rings is 1. The van der Waals surface area contributed by atoms with Crippen LogP contribution in [0.15, 0.2) is 41.2 Å². The fraction of sp³-hybridized carbons (Fsp3) is 0.389. The number of aromatic nitrogens is 2. The molecule has 2 rings (SSSR count). The van der Waals surface area contributed by atoms with E-state index in [0.29, 0.717) is 0 Å². The number of unbranched alkanes of at least 4 members (excludes halogenated alkanes) is 1. The van der Waals surface area contributed by atoms with E-state index >= 15 is 0 Å². The van der Waals surface area contributed by atoms with Gasteiger partial charge in [0.25, 0.3) is 11.5 Å². The molecule has 5 nitrogen and oxygen atoms in total. The number of amides is 1. The summed E-state index contributed by atoms with van der Waals surface area (Å²) in [4.78, 5) is 24.0. The zero-order chi connectivity index (χ0) is 16.8. The van der Waals surface area contributed by atoms with Crippen molar-refractivity contribution in [1.29, 1.82) is 0 Å². The van der Waals surface area contributed by atoms with Crippen LogP contribution in [0.1, 0.15) is 55.7 Å². The van der Waals surface area contributed by atoms with Crippen molar-refractivity contribution in [2.45, 2.75) is 46.1 Å². The SMILES string of the molecule is CCCCc1ccc(NC(=O)c2ccc(=O)n(C(C)C)n2)cc1. The number of anilines is 1. The van der Waals surface area contributed by atoms with Crippen molar-refractivity contribution >= 4 is 11.6 Å². The van der Waals surface area contributed by atoms with Gasteiger partial charge in [0.15, 0.2) is 0 Å². The Morgan fingerprint density at radius 2 is 1.87 bits per heavy atom. The Labute approximate surface area is 136 Å². The van der Waals surface area contributed by atoms with E-state index < -0.39 is 0 Å². The van der Waals surface area contributed by atoms with E-state index in [2.05, 4.69) is 17.3 Å². The molecule has 1 amide bonds. The first kappa shape index (κ1) is 16.9. The topological polar surface area (TPSA) is 64.0 Å². The highest BCUT2D eigenvalue weighted by Gasteiger charge is 2.11. The van der Waals surface area contributed by atoms with Crippen LogP contribution in [0.3, 0.4) is 0 Å². The third-order valence-electron chi connectivity index (χ3n) is 3.58. The summed E-state index contributed by atoms with van der Waals surface area (Å²) in [6.45, 7) is 5.87. The second-order valence-corrected chi connectivity index (χ2v) is 5.85. The molecule has 5 heteroatoms. The van der Waals surface area contributed by atoms with Gasteiger partial charge >= 0.3 is 0 Å². The van der Waals surface area contributed by atoms with E-state index in [4.69, 9.17) is 0 Å². The first-order chi connectivity index (χ1) is 11.0. The van der Waals surface area contributed by atoms with Crippen LogP contribution in [0.4, 0.5) is 5.69 Å². The van der Waals surface area contributed by atoms with Crippen molar-refractivity contribution in [3.63, 3.8) is 0 Å². The maximum absolute atomic E-state index is 12.3. The maximum Gasteiger partial charge on any atom is 0.276 e. The summed E-state index contributed by atoms with van der Waals surface area (Å²) in [5.41, 5.74) is 2.00. The third-order valence-corrected chi connectivity index (χ3v) is 3.58. The van der Waals surface area contributed by atoms with Crippen molar-refractivity contribution in [3.05, 3.63) is 58.0 Å². The standard InChI is InChI=1S/C18H23N3O2/c1-4-5-6-14-7-9-15(10-8-14)19-18(23)16-11-12-17(22)21(20-16)13(2)3/h7-13H,4-6H2,1-3H3,(H,19,23). The number of hydrogen-bond donors (Lipinski definition) is 1. The van der Waals surface area contributed by atoms with Crippen LogP contribution in [-0.2, 0) is 6.42 Å². The fourth-order valence-electron chi connectivity index (χ4n) is 2.25. The predicted octanol–water partition coefficient (Wildman–Crippen LogP) is 3.42. The van der Waals surface area contributed by atoms with Gasteiger partial charge in [-0.3, -0.25) is 9.59 Å². The second kappa shape index (κ2) is 7.72. The largest absolute Gasteiger partial charge is 0.321 e. The minimum atomic E-state index is -0.319. The van der Waals surface area contributed by atoms with Crippen LogP contribution >= 0.6 is 0 Å². The minimum absolute atomic E-state index is 0.0897. The number of aryl methyl sites for hydroxylation is 1. The van der Waals surface area contributed by atoms with Crippen molar-refractivity contribution in [3.8, 4) is 0 Å². The smallest absolute Gasteiger partial charge is 0.276 e. The van der Waals surface area contributed by atoms with Gasteiger partial charge in [0.2, 0.25) is 0 Å². The molecule has 0 unspecified atom stereocenters. The second-order valence-electron chi connectivity index (χ2n) is 5.85. The molecule has 2 aromatic rings. The van der Waals surface area contributed by atoms with Crippen LogP contribution in [-0.4, -0.2) is 15.7 Å². The van der Waals surface area contributed by atoms with E-state index in [1.54, 1.807) is 0 Å². The summed E-state index contributed by atoms with van der Waals surface area (Å²) in [7, 11) is 0. The summed E-state index contributed by atoms with van der Waals surface area (Å²) in [6, 6.07) is 10.6. The molecule has 0 saturated carbocycles. The monoisotopic (exact) mass is 313 g/mol. The molecule has 0 atom stereocenters. The Kier molecular flexibility index (Phi) is 5.68. The lowest BCUT2D eigenvalue weighted by molar-refractivity contribution is 0.101. The van der Waals surface area contributed by atoms with Gasteiger partial charge in [-0.05, 0) is 50.5 Å². The van der Waals surface area contributed by atoms with Gasteiger partial charge < -0.3 is 5.32 Å². The lowest BCUT2D eigenvalue weighted by Crippen LogP contribution is -2.27. The number of rotatable bonds is 6. The number of carbonyl (C=O) groups is 1. The van der Waals surface area contributed by atoms with Crippen molar-refractivity contribution in [2.24, 2.45) is 0 Å². The van der Waals surface area contributed by atoms with Gasteiger partial charge in [0.05, 0.1) is 6.04 Å². The normalized spacial score (nSPS) is 10.8. The Morgan fingerprint density at radius 1 is 1.17 bits per heavy atom. The Balaban J connectivity index is 2.10. The highest BCUT2D eigenvalue weighted by Crippen LogP contribution is 2.12. The highest BCUT2D eigenvalue weighted by atomic mass is 16.2. The van der Waals surface area contributed by atoms with E-state index in [-0.39, 0.29) is 23.2 Å². The molecule has 1 aromatic heterocycles. The van der Waals surface area contributed by atoms with Crippen LogP contribution < -0.4 is 10.9 Å². The molecule has 23 heavy (non-hydrogen) atoms. The lowest BCUT2D eigenvalue weighted by atomic mass is 10.1. The molecule has 1 aromatic carbocycles. The molecule has 0 bridgehead atoms. The number of nitrogens with one attached hydrogen (secondary N) is 1. The zero-order valence-electron chi connectivity index (χ0n) is 13.9. The van der Waals surface area contributed by atoms with Crippen LogP contribution in [0, 0.1) is 0 Å². The van der Waals surface area contributed by atoms with Gasteiger partial charge in [-0.2, -0.15) is 5.10 Å². The number of nitrogens with zero attached hydrogens (tertiary/aromatic N) is 2. The molecule has 0 fully saturated rings. The summed E-state index contributed by atoms with van der Waals surface area (Å²) < 4.78 is 1.31. The third kappa shape index (κ3) is 4.52. The molecule has 0 spiro atoms. The summed E-state index contributed by atoms with van der Waals surface area (Å²) in [5, 5.41) is 6.93. The maximum atomic E-state index is 12.3. The predicted molar refractivity (Wildman–Crippen MR) is 91.9 cm³/mol. The average molecular weight is 313 g/mol. The molecular weight excluding hydrogens is 290 g/mol. The Morgan fingerprint density at radius 3 is 2.48 bits per heavy atom. The molecule has 0 aliphatic rings. The van der Waals surface area contributed by atoms with Crippen molar-refractivity contribution in [1.82, 2.24) is 9.78 Å². The van der Waals surface area contributed by atoms with E-state index in [1.807, 2.05) is 38.1 Å². The lowest BCUT2D eigenvalue weighted by Gasteiger charge is -2.10. The van der Waals surface area contributed by atoms with Gasteiger partial charge in [-0.15, -0.1) is 0 Å².